The molecule has 0 unspecified atom stereocenters. The van der Waals surface area contributed by atoms with Gasteiger partial charge in [0.1, 0.15) is 22.8 Å². The lowest BCUT2D eigenvalue weighted by Crippen LogP contribution is -2.36. The van der Waals surface area contributed by atoms with E-state index in [1.807, 2.05) is 66.7 Å². The zero-order valence-corrected chi connectivity index (χ0v) is 23.3. The standard InChI is InChI=1S/C36H23N4OP/c41-35-31-33(39-29-22-12-10-20-27(29)37-31)36(34-32(35)38-28-21-11-13-23-30(28)40-34)42(24-14-4-1-5-15-24,25-16-6-2-7-17-25)26-18-8-3-9-19-26/h1-23H. The minimum Gasteiger partial charge on any atom is -0.285 e. The van der Waals surface area contributed by atoms with Gasteiger partial charge in [0, 0.05) is 5.29 Å². The number of rotatable bonds is 3. The largest absolute Gasteiger partial charge is 0.285 e. The fourth-order valence-electron chi connectivity index (χ4n) is 5.98. The minimum atomic E-state index is -2.72. The molecule has 0 bridgehead atoms. The van der Waals surface area contributed by atoms with Gasteiger partial charge in [0.15, 0.2) is 0 Å². The molecule has 2 heterocycles. The average molecular weight is 559 g/mol. The van der Waals surface area contributed by atoms with Crippen molar-refractivity contribution in [3.63, 3.8) is 0 Å². The van der Waals surface area contributed by atoms with Crippen LogP contribution in [0, 0.1) is 0 Å². The number of hydrogen-bond acceptors (Lipinski definition) is 5. The van der Waals surface area contributed by atoms with E-state index in [-0.39, 0.29) is 5.78 Å². The number of carbonyl (C=O) groups is 1. The van der Waals surface area contributed by atoms with Crippen molar-refractivity contribution in [2.24, 2.45) is 0 Å². The molecule has 0 radical (unpaired) electrons. The summed E-state index contributed by atoms with van der Waals surface area (Å²) in [6.07, 6.45) is 0. The summed E-state index contributed by atoms with van der Waals surface area (Å²) in [4.78, 5) is 34.6. The Hall–Kier alpha value is -5.25. The molecule has 2 aromatic heterocycles. The molecule has 1 aliphatic carbocycles. The quantitative estimate of drug-likeness (QED) is 0.261. The highest BCUT2D eigenvalue weighted by atomic mass is 31.2. The molecule has 0 saturated heterocycles. The van der Waals surface area contributed by atoms with E-state index in [1.54, 1.807) is 0 Å². The zero-order chi connectivity index (χ0) is 28.1. The number of hydrogen-bond donors (Lipinski definition) is 0. The summed E-state index contributed by atoms with van der Waals surface area (Å²) in [5.41, 5.74) is 4.56. The van der Waals surface area contributed by atoms with Crippen LogP contribution in [-0.4, -0.2) is 31.0 Å². The SMILES string of the molecule is O=C1c2nc3ccccc3nc2C(=P(c2ccccc2)(c2ccccc2)c2ccccc2)c2nc3ccccc3nc21. The van der Waals surface area contributed by atoms with E-state index >= 15 is 0 Å². The van der Waals surface area contributed by atoms with E-state index in [2.05, 4.69) is 72.8 Å². The molecule has 0 spiro atoms. The molecular formula is C36H23N4OP. The van der Waals surface area contributed by atoms with Crippen molar-refractivity contribution >= 4 is 55.9 Å². The molecule has 0 aliphatic heterocycles. The number of para-hydroxylation sites is 4. The van der Waals surface area contributed by atoms with Crippen LogP contribution < -0.4 is 15.9 Å². The third-order valence-electron chi connectivity index (χ3n) is 7.79. The van der Waals surface area contributed by atoms with Crippen molar-refractivity contribution in [2.75, 3.05) is 0 Å². The van der Waals surface area contributed by atoms with Gasteiger partial charge in [0.2, 0.25) is 5.78 Å². The second kappa shape index (κ2) is 9.69. The van der Waals surface area contributed by atoms with Crippen molar-refractivity contribution in [3.8, 4) is 0 Å². The molecule has 8 rings (SSSR count). The monoisotopic (exact) mass is 558 g/mol. The van der Waals surface area contributed by atoms with Gasteiger partial charge >= 0.3 is 0 Å². The van der Waals surface area contributed by atoms with Crippen LogP contribution >= 0.6 is 6.89 Å². The summed E-state index contributed by atoms with van der Waals surface area (Å²) in [6.45, 7) is -2.72. The molecule has 0 N–H and O–H groups in total. The number of carbonyl (C=O) groups excluding carboxylic acids is 1. The second-order valence-electron chi connectivity index (χ2n) is 10.2. The van der Waals surface area contributed by atoms with Crippen LogP contribution in [0.5, 0.6) is 0 Å². The maximum Gasteiger partial charge on any atom is 0.234 e. The molecule has 198 valence electrons. The number of aromatic nitrogens is 4. The molecule has 5 nitrogen and oxygen atoms in total. The Morgan fingerprint density at radius 3 is 0.976 bits per heavy atom. The van der Waals surface area contributed by atoms with Gasteiger partial charge in [-0.1, -0.05) is 115 Å². The van der Waals surface area contributed by atoms with Crippen molar-refractivity contribution in [2.45, 2.75) is 0 Å². The highest BCUT2D eigenvalue weighted by Crippen LogP contribution is 2.50. The Labute approximate surface area is 242 Å². The number of nitrogens with zero attached hydrogens (tertiary/aromatic N) is 4. The molecule has 1 aliphatic rings. The van der Waals surface area contributed by atoms with Gasteiger partial charge in [0.05, 0.1) is 22.1 Å². The maximum absolute atomic E-state index is 14.3. The molecule has 6 heteroatoms. The maximum atomic E-state index is 14.3. The highest BCUT2D eigenvalue weighted by molar-refractivity contribution is 7.96. The number of fused-ring (bicyclic) bond motifs is 4. The van der Waals surface area contributed by atoms with Gasteiger partial charge in [0.25, 0.3) is 0 Å². The lowest BCUT2D eigenvalue weighted by molar-refractivity contribution is 0.102. The average Bonchev–Trinajstić information content (AvgIpc) is 3.06. The summed E-state index contributed by atoms with van der Waals surface area (Å²) in [5, 5.41) is 4.29. The predicted octanol–water partition coefficient (Wildman–Crippen LogP) is 5.68. The van der Waals surface area contributed by atoms with E-state index in [1.165, 1.54) is 0 Å². The molecule has 5 aromatic carbocycles. The van der Waals surface area contributed by atoms with Gasteiger partial charge < -0.3 is 0 Å². The van der Waals surface area contributed by atoms with Gasteiger partial charge in [-0.15, -0.1) is 0 Å². The van der Waals surface area contributed by atoms with Gasteiger partial charge in [-0.2, -0.15) is 0 Å². The summed E-state index contributed by atoms with van der Waals surface area (Å²) in [5.74, 6) is -0.257. The van der Waals surface area contributed by atoms with E-state index < -0.39 is 6.89 Å². The van der Waals surface area contributed by atoms with E-state index in [4.69, 9.17) is 19.9 Å². The first-order valence-corrected chi connectivity index (χ1v) is 15.6. The van der Waals surface area contributed by atoms with E-state index in [0.29, 0.717) is 33.8 Å². The van der Waals surface area contributed by atoms with Crippen molar-refractivity contribution in [1.82, 2.24) is 19.9 Å². The zero-order valence-electron chi connectivity index (χ0n) is 22.4. The number of benzene rings is 5. The Kier molecular flexibility index (Phi) is 5.66. The fourth-order valence-corrected chi connectivity index (χ4v) is 10.5. The van der Waals surface area contributed by atoms with Crippen LogP contribution in [0.3, 0.4) is 0 Å². The van der Waals surface area contributed by atoms with Crippen LogP contribution in [0.2, 0.25) is 0 Å². The van der Waals surface area contributed by atoms with Gasteiger partial charge in [-0.3, -0.25) is 4.79 Å². The summed E-state index contributed by atoms with van der Waals surface area (Å²) in [6, 6.07) is 47.0. The first-order valence-electron chi connectivity index (χ1n) is 13.8. The first kappa shape index (κ1) is 24.5. The molecule has 42 heavy (non-hydrogen) atoms. The smallest absolute Gasteiger partial charge is 0.234 e. The topological polar surface area (TPSA) is 68.6 Å². The Balaban J connectivity index is 1.70. The second-order valence-corrected chi connectivity index (χ2v) is 13.5. The van der Waals surface area contributed by atoms with Crippen LogP contribution in [0.1, 0.15) is 27.6 Å². The highest BCUT2D eigenvalue weighted by Gasteiger charge is 2.41. The Morgan fingerprint density at radius 1 is 0.357 bits per heavy atom. The Bertz CT molecular complexity index is 2020. The molecule has 7 aromatic rings. The summed E-state index contributed by atoms with van der Waals surface area (Å²) in [7, 11) is 0. The van der Waals surface area contributed by atoms with Crippen LogP contribution in [0.15, 0.2) is 140 Å². The fraction of sp³-hybridized carbons (Fsp3) is 0. The van der Waals surface area contributed by atoms with Crippen molar-refractivity contribution < 1.29 is 4.79 Å². The third-order valence-corrected chi connectivity index (χ3v) is 12.1. The number of ketones is 1. The third kappa shape index (κ3) is 3.61. The molecular weight excluding hydrogens is 535 g/mol. The normalized spacial score (nSPS) is 12.8. The van der Waals surface area contributed by atoms with Crippen LogP contribution in [0.4, 0.5) is 0 Å². The molecule has 0 atom stereocenters. The lowest BCUT2D eigenvalue weighted by Gasteiger charge is -2.34. The van der Waals surface area contributed by atoms with Crippen molar-refractivity contribution in [1.29, 1.82) is 0 Å². The minimum absolute atomic E-state index is 0.257. The summed E-state index contributed by atoms with van der Waals surface area (Å²) >= 11 is 0. The van der Waals surface area contributed by atoms with Gasteiger partial charge in [-0.25, -0.2) is 19.9 Å². The van der Waals surface area contributed by atoms with E-state index in [0.717, 1.165) is 32.2 Å². The molecule has 0 fully saturated rings. The van der Waals surface area contributed by atoms with Crippen LogP contribution in [-0.2, 0) is 0 Å². The predicted molar refractivity (Wildman–Crippen MR) is 171 cm³/mol. The lowest BCUT2D eigenvalue weighted by atomic mass is 9.98. The van der Waals surface area contributed by atoms with Crippen molar-refractivity contribution in [3.05, 3.63) is 162 Å². The Morgan fingerprint density at radius 2 is 0.643 bits per heavy atom. The van der Waals surface area contributed by atoms with Gasteiger partial charge in [-0.05, 0) is 47.1 Å². The summed E-state index contributed by atoms with van der Waals surface area (Å²) < 4.78 is 0. The van der Waals surface area contributed by atoms with E-state index in [9.17, 15) is 4.79 Å². The molecule has 0 saturated carbocycles. The van der Waals surface area contributed by atoms with Crippen LogP contribution in [0.25, 0.3) is 22.1 Å². The first-order chi connectivity index (χ1) is 20.7. The molecule has 0 amide bonds.